The van der Waals surface area contributed by atoms with Gasteiger partial charge in [-0.15, -0.1) is 11.3 Å². The highest BCUT2D eigenvalue weighted by Crippen LogP contribution is 2.27. The van der Waals surface area contributed by atoms with Crippen LogP contribution in [0.15, 0.2) is 15.2 Å². The first-order valence-electron chi connectivity index (χ1n) is 4.76. The molecule has 78 valence electrons. The quantitative estimate of drug-likeness (QED) is 0.839. The monoisotopic (exact) mass is 291 g/mol. The first kappa shape index (κ1) is 11.0. The Hall–Kier alpha value is 0.490. The summed E-state index contributed by atoms with van der Waals surface area (Å²) in [5.41, 5.74) is 1.44. The van der Waals surface area contributed by atoms with Gasteiger partial charge in [-0.2, -0.15) is 11.8 Å². The van der Waals surface area contributed by atoms with Gasteiger partial charge in [0.1, 0.15) is 0 Å². The molecule has 2 rings (SSSR count). The molecule has 0 radical (unpaired) electrons. The van der Waals surface area contributed by atoms with Crippen LogP contribution >= 0.6 is 39.0 Å². The van der Waals surface area contributed by atoms with Crippen LogP contribution < -0.4 is 0 Å². The Labute approximate surface area is 102 Å². The summed E-state index contributed by atoms with van der Waals surface area (Å²) >= 11 is 7.37. The zero-order valence-corrected chi connectivity index (χ0v) is 11.4. The summed E-state index contributed by atoms with van der Waals surface area (Å²) in [5, 5.41) is 3.01. The van der Waals surface area contributed by atoms with Gasteiger partial charge in [-0.05, 0) is 52.2 Å². The Kier molecular flexibility index (Phi) is 3.93. The van der Waals surface area contributed by atoms with Crippen molar-refractivity contribution in [2.75, 3.05) is 19.3 Å². The van der Waals surface area contributed by atoms with Crippen LogP contribution in [0.2, 0.25) is 0 Å². The van der Waals surface area contributed by atoms with Gasteiger partial charge in [-0.3, -0.25) is 4.90 Å². The van der Waals surface area contributed by atoms with E-state index in [0.717, 1.165) is 11.8 Å². The molecule has 1 aromatic heterocycles. The van der Waals surface area contributed by atoms with Crippen LogP contribution in [-0.4, -0.2) is 29.5 Å². The molecule has 0 bridgehead atoms. The SMILES string of the molecule is CSC1CCN(Cc2ccsc2Br)C1. The molecular formula is C10H14BrNS2. The Morgan fingerprint density at radius 2 is 2.57 bits per heavy atom. The van der Waals surface area contributed by atoms with Gasteiger partial charge in [0.25, 0.3) is 0 Å². The Morgan fingerprint density at radius 1 is 1.71 bits per heavy atom. The van der Waals surface area contributed by atoms with Gasteiger partial charge in [0.2, 0.25) is 0 Å². The van der Waals surface area contributed by atoms with E-state index in [2.05, 4.69) is 38.5 Å². The van der Waals surface area contributed by atoms with Crippen molar-refractivity contribution >= 4 is 39.0 Å². The van der Waals surface area contributed by atoms with Crippen LogP contribution in [-0.2, 0) is 6.54 Å². The fraction of sp³-hybridized carbons (Fsp3) is 0.600. The van der Waals surface area contributed by atoms with Crippen molar-refractivity contribution < 1.29 is 0 Å². The normalized spacial score (nSPS) is 23.1. The molecule has 0 aromatic carbocycles. The number of hydrogen-bond acceptors (Lipinski definition) is 3. The van der Waals surface area contributed by atoms with Crippen LogP contribution in [0.25, 0.3) is 0 Å². The highest BCUT2D eigenvalue weighted by atomic mass is 79.9. The second-order valence-electron chi connectivity index (χ2n) is 3.60. The van der Waals surface area contributed by atoms with Crippen molar-refractivity contribution in [1.29, 1.82) is 0 Å². The summed E-state index contributed by atoms with van der Waals surface area (Å²) in [4.78, 5) is 2.55. The van der Waals surface area contributed by atoms with Gasteiger partial charge in [-0.25, -0.2) is 0 Å². The standard InChI is InChI=1S/C10H14BrNS2/c1-13-9-2-4-12(7-9)6-8-3-5-14-10(8)11/h3,5,9H,2,4,6-7H2,1H3. The molecule has 14 heavy (non-hydrogen) atoms. The summed E-state index contributed by atoms with van der Waals surface area (Å²) in [6, 6.07) is 2.22. The van der Waals surface area contributed by atoms with Crippen LogP contribution in [0.5, 0.6) is 0 Å². The largest absolute Gasteiger partial charge is 0.298 e. The fourth-order valence-corrected chi connectivity index (χ4v) is 3.72. The van der Waals surface area contributed by atoms with E-state index in [0.29, 0.717) is 0 Å². The second kappa shape index (κ2) is 5.01. The summed E-state index contributed by atoms with van der Waals surface area (Å²) in [6.07, 6.45) is 3.57. The third kappa shape index (κ3) is 2.54. The van der Waals surface area contributed by atoms with E-state index in [1.54, 1.807) is 11.3 Å². The topological polar surface area (TPSA) is 3.24 Å². The highest BCUT2D eigenvalue weighted by Gasteiger charge is 2.21. The minimum absolute atomic E-state index is 0.854. The summed E-state index contributed by atoms with van der Waals surface area (Å²) in [7, 11) is 0. The lowest BCUT2D eigenvalue weighted by molar-refractivity contribution is 0.332. The average Bonchev–Trinajstić information content (AvgIpc) is 2.77. The third-order valence-corrected chi connectivity index (χ3v) is 5.51. The van der Waals surface area contributed by atoms with E-state index in [4.69, 9.17) is 0 Å². The molecule has 0 saturated carbocycles. The van der Waals surface area contributed by atoms with Gasteiger partial charge in [0.15, 0.2) is 0 Å². The van der Waals surface area contributed by atoms with Crippen LogP contribution in [0.4, 0.5) is 0 Å². The zero-order chi connectivity index (χ0) is 9.97. The van der Waals surface area contributed by atoms with Crippen molar-refractivity contribution in [2.24, 2.45) is 0 Å². The molecule has 1 nitrogen and oxygen atoms in total. The molecule has 4 heteroatoms. The predicted molar refractivity (Wildman–Crippen MR) is 69.2 cm³/mol. The number of likely N-dealkylation sites (tertiary alicyclic amines) is 1. The molecule has 1 fully saturated rings. The molecular weight excluding hydrogens is 278 g/mol. The number of thioether (sulfide) groups is 1. The lowest BCUT2D eigenvalue weighted by atomic mass is 10.3. The summed E-state index contributed by atoms with van der Waals surface area (Å²) in [6.45, 7) is 3.62. The van der Waals surface area contributed by atoms with Gasteiger partial charge in [0, 0.05) is 18.3 Å². The van der Waals surface area contributed by atoms with E-state index in [1.807, 2.05) is 11.8 Å². The first-order chi connectivity index (χ1) is 6.79. The smallest absolute Gasteiger partial charge is 0.0743 e. The van der Waals surface area contributed by atoms with E-state index in [-0.39, 0.29) is 0 Å². The number of thiophene rings is 1. The Morgan fingerprint density at radius 3 is 3.14 bits per heavy atom. The molecule has 2 heterocycles. The minimum Gasteiger partial charge on any atom is -0.298 e. The Bertz CT molecular complexity index is 300. The van der Waals surface area contributed by atoms with Crippen molar-refractivity contribution in [3.8, 4) is 0 Å². The number of hydrogen-bond donors (Lipinski definition) is 0. The van der Waals surface area contributed by atoms with Crippen LogP contribution in [0, 0.1) is 0 Å². The predicted octanol–water partition coefficient (Wildman–Crippen LogP) is 3.45. The van der Waals surface area contributed by atoms with Crippen molar-refractivity contribution in [2.45, 2.75) is 18.2 Å². The summed E-state index contributed by atoms with van der Waals surface area (Å²) in [5.74, 6) is 0. The fourth-order valence-electron chi connectivity index (χ4n) is 1.81. The maximum Gasteiger partial charge on any atom is 0.0743 e. The van der Waals surface area contributed by atoms with E-state index in [1.165, 1.54) is 28.9 Å². The van der Waals surface area contributed by atoms with Gasteiger partial charge >= 0.3 is 0 Å². The molecule has 0 N–H and O–H groups in total. The summed E-state index contributed by atoms with van der Waals surface area (Å²) < 4.78 is 1.30. The lowest BCUT2D eigenvalue weighted by Gasteiger charge is -2.14. The van der Waals surface area contributed by atoms with Crippen LogP contribution in [0.3, 0.4) is 0 Å². The van der Waals surface area contributed by atoms with Crippen LogP contribution in [0.1, 0.15) is 12.0 Å². The molecule has 0 spiro atoms. The second-order valence-corrected chi connectivity index (χ2v) is 6.97. The zero-order valence-electron chi connectivity index (χ0n) is 8.20. The van der Waals surface area contributed by atoms with E-state index < -0.39 is 0 Å². The molecule has 1 aliphatic rings. The van der Waals surface area contributed by atoms with Crippen molar-refractivity contribution in [3.63, 3.8) is 0 Å². The first-order valence-corrected chi connectivity index (χ1v) is 7.72. The molecule has 1 saturated heterocycles. The number of rotatable bonds is 3. The Balaban J connectivity index is 1.90. The third-order valence-electron chi connectivity index (χ3n) is 2.65. The number of nitrogens with zero attached hydrogens (tertiary/aromatic N) is 1. The lowest BCUT2D eigenvalue weighted by Crippen LogP contribution is -2.20. The maximum atomic E-state index is 3.59. The minimum atomic E-state index is 0.854. The van der Waals surface area contributed by atoms with Gasteiger partial charge < -0.3 is 0 Å². The van der Waals surface area contributed by atoms with E-state index >= 15 is 0 Å². The van der Waals surface area contributed by atoms with E-state index in [9.17, 15) is 0 Å². The average molecular weight is 292 g/mol. The molecule has 0 aliphatic carbocycles. The van der Waals surface area contributed by atoms with Crippen molar-refractivity contribution in [1.82, 2.24) is 4.90 Å². The van der Waals surface area contributed by atoms with Crippen molar-refractivity contribution in [3.05, 3.63) is 20.8 Å². The number of halogens is 1. The molecule has 1 atom stereocenters. The van der Waals surface area contributed by atoms with Gasteiger partial charge in [0.05, 0.1) is 3.79 Å². The highest BCUT2D eigenvalue weighted by molar-refractivity contribution is 9.11. The molecule has 1 aromatic rings. The molecule has 1 unspecified atom stereocenters. The molecule has 1 aliphatic heterocycles. The maximum absolute atomic E-state index is 3.59. The van der Waals surface area contributed by atoms with Gasteiger partial charge in [-0.1, -0.05) is 0 Å². The molecule has 0 amide bonds.